The van der Waals surface area contributed by atoms with Crippen molar-refractivity contribution in [1.29, 1.82) is 0 Å². The third kappa shape index (κ3) is 4.31. The molecule has 1 atom stereocenters. The lowest BCUT2D eigenvalue weighted by atomic mass is 9.89. The van der Waals surface area contributed by atoms with Crippen LogP contribution in [0.25, 0.3) is 10.2 Å². The van der Waals surface area contributed by atoms with Gasteiger partial charge in [0.25, 0.3) is 5.91 Å². The molecule has 4 rings (SSSR count). The van der Waals surface area contributed by atoms with Crippen molar-refractivity contribution in [2.75, 3.05) is 25.8 Å². The van der Waals surface area contributed by atoms with Gasteiger partial charge in [-0.2, -0.15) is 13.2 Å². The predicted molar refractivity (Wildman–Crippen MR) is 110 cm³/mol. The summed E-state index contributed by atoms with van der Waals surface area (Å²) in [6, 6.07) is 1.38. The highest BCUT2D eigenvalue weighted by Crippen LogP contribution is 2.38. The van der Waals surface area contributed by atoms with E-state index in [4.69, 9.17) is 15.2 Å². The molecular weight excluding hydrogens is 451 g/mol. The molecule has 13 heteroatoms. The molecule has 1 unspecified atom stereocenters. The van der Waals surface area contributed by atoms with E-state index >= 15 is 0 Å². The van der Waals surface area contributed by atoms with Crippen molar-refractivity contribution in [1.82, 2.24) is 15.3 Å². The van der Waals surface area contributed by atoms with E-state index in [9.17, 15) is 23.1 Å². The normalized spacial score (nSPS) is 21.1. The summed E-state index contributed by atoms with van der Waals surface area (Å²) in [4.78, 5) is 25.0. The number of anilines is 1. The number of carbonyl (C=O) groups excluding carboxylic acids is 1. The fourth-order valence-corrected chi connectivity index (χ4v) is 4.30. The maximum Gasteiger partial charge on any atom is 0.405 e. The van der Waals surface area contributed by atoms with Crippen LogP contribution in [0.4, 0.5) is 19.1 Å². The van der Waals surface area contributed by atoms with Gasteiger partial charge in [0.1, 0.15) is 35.2 Å². The van der Waals surface area contributed by atoms with Crippen LogP contribution < -0.4 is 11.1 Å². The molecule has 1 aliphatic heterocycles. The maximum atomic E-state index is 12.4. The second kappa shape index (κ2) is 8.15. The van der Waals surface area contributed by atoms with E-state index < -0.39 is 31.0 Å². The molecule has 2 aromatic heterocycles. The predicted octanol–water partition coefficient (Wildman–Crippen LogP) is 2.28. The van der Waals surface area contributed by atoms with Crippen molar-refractivity contribution in [2.45, 2.75) is 25.1 Å². The number of nitrogen functional groups attached to an aromatic ring is 1. The number of aliphatic hydroxyl groups excluding tert-OH is 1. The number of ether oxygens (including phenoxy) is 2. The van der Waals surface area contributed by atoms with E-state index in [1.165, 1.54) is 6.07 Å². The number of thiophene rings is 1. The van der Waals surface area contributed by atoms with Crippen molar-refractivity contribution in [3.63, 3.8) is 0 Å². The number of aromatic nitrogens is 2. The molecule has 170 valence electrons. The van der Waals surface area contributed by atoms with Gasteiger partial charge in [-0.15, -0.1) is 11.3 Å². The number of hydrogen-bond donors (Lipinski definition) is 3. The third-order valence-corrected chi connectivity index (χ3v) is 5.95. The molecule has 1 fully saturated rings. The topological polar surface area (TPSA) is 132 Å². The molecule has 0 radical (unpaired) electrons. The van der Waals surface area contributed by atoms with Gasteiger partial charge in [0, 0.05) is 17.4 Å². The lowest BCUT2D eigenvalue weighted by Gasteiger charge is -2.25. The van der Waals surface area contributed by atoms with Crippen LogP contribution in [0.5, 0.6) is 0 Å². The number of nitrogens with two attached hydrogens (primary N) is 1. The number of fused-ring (bicyclic) bond motifs is 2. The van der Waals surface area contributed by atoms with Crippen molar-refractivity contribution in [3.05, 3.63) is 40.1 Å². The summed E-state index contributed by atoms with van der Waals surface area (Å²) < 4.78 is 48.5. The highest BCUT2D eigenvalue weighted by Gasteiger charge is 2.39. The zero-order valence-corrected chi connectivity index (χ0v) is 17.5. The van der Waals surface area contributed by atoms with E-state index in [2.05, 4.69) is 15.0 Å². The highest BCUT2D eigenvalue weighted by molar-refractivity contribution is 7.20. The third-order valence-electron chi connectivity index (χ3n) is 4.92. The lowest BCUT2D eigenvalue weighted by Crippen LogP contribution is -2.33. The molecule has 32 heavy (non-hydrogen) atoms. The number of carbonyl (C=O) groups is 1. The second-order valence-electron chi connectivity index (χ2n) is 7.22. The minimum atomic E-state index is -4.54. The van der Waals surface area contributed by atoms with Gasteiger partial charge >= 0.3 is 6.18 Å². The van der Waals surface area contributed by atoms with Crippen molar-refractivity contribution in [2.24, 2.45) is 4.99 Å². The van der Waals surface area contributed by atoms with Crippen LogP contribution in [0.15, 0.2) is 34.5 Å². The molecule has 0 bridgehead atoms. The molecular formula is C19H18F3N5O4S. The van der Waals surface area contributed by atoms with Gasteiger partial charge in [-0.25, -0.2) is 9.97 Å². The van der Waals surface area contributed by atoms with Gasteiger partial charge in [-0.3, -0.25) is 9.79 Å². The van der Waals surface area contributed by atoms with Crippen LogP contribution in [0.2, 0.25) is 0 Å². The Morgan fingerprint density at radius 1 is 1.44 bits per heavy atom. The van der Waals surface area contributed by atoms with Gasteiger partial charge in [0.2, 0.25) is 5.95 Å². The maximum absolute atomic E-state index is 12.4. The number of hydrogen-bond acceptors (Lipinski definition) is 9. The number of allylic oxidation sites excluding steroid dienone is 2. The number of halogens is 3. The summed E-state index contributed by atoms with van der Waals surface area (Å²) in [6.45, 7) is -0.0205. The fraction of sp³-hybridized carbons (Fsp3) is 0.368. The van der Waals surface area contributed by atoms with Crippen LogP contribution in [-0.4, -0.2) is 58.5 Å². The molecule has 1 amide bonds. The van der Waals surface area contributed by atoms with E-state index in [0.717, 1.165) is 11.3 Å². The molecule has 3 heterocycles. The fourth-order valence-electron chi connectivity index (χ4n) is 3.34. The molecule has 9 nitrogen and oxygen atoms in total. The number of nitrogens with zero attached hydrogens (tertiary/aromatic N) is 3. The number of alkyl halides is 3. The molecule has 2 aromatic rings. The number of amides is 1. The Kier molecular flexibility index (Phi) is 5.65. The zero-order chi connectivity index (χ0) is 23.1. The highest BCUT2D eigenvalue weighted by atomic mass is 32.1. The summed E-state index contributed by atoms with van der Waals surface area (Å²) in [5, 5.41) is 11.7. The summed E-state index contributed by atoms with van der Waals surface area (Å²) in [5.74, 6) is -0.421. The van der Waals surface area contributed by atoms with E-state index in [1.807, 2.05) is 18.3 Å². The molecule has 4 N–H and O–H groups in total. The summed E-state index contributed by atoms with van der Waals surface area (Å²) in [5.41, 5.74) is 6.33. The minimum absolute atomic E-state index is 0.00447. The molecule has 1 aliphatic carbocycles. The zero-order valence-electron chi connectivity index (χ0n) is 16.7. The average Bonchev–Trinajstić information content (AvgIpc) is 3.32. The van der Waals surface area contributed by atoms with Crippen LogP contribution >= 0.6 is 11.3 Å². The van der Waals surface area contributed by atoms with Crippen LogP contribution in [0.1, 0.15) is 28.7 Å². The molecule has 0 aromatic carbocycles. The standard InChI is InChI=1S/C19H18F3N5O4S/c1-18-3-2-9(4-12(18)30-8-31-18)13(25-7-28)14-10-5-11(15(29)24-6-19(20,21)22)32-16(10)27-17(23)26-14/h2,4-5,28H,3,6-8H2,1H3,(H,24,29)(H2,23,26,27)/b25-13+. The van der Waals surface area contributed by atoms with Crippen molar-refractivity contribution >= 4 is 39.1 Å². The summed E-state index contributed by atoms with van der Waals surface area (Å²) in [6.07, 6.45) is -0.486. The first-order valence-electron chi connectivity index (χ1n) is 9.37. The van der Waals surface area contributed by atoms with Gasteiger partial charge in [-0.1, -0.05) is 6.08 Å². The summed E-state index contributed by atoms with van der Waals surface area (Å²) in [7, 11) is 0. The molecule has 0 spiro atoms. The Balaban J connectivity index is 1.74. The Labute approximate surface area is 183 Å². The first kappa shape index (κ1) is 22.2. The molecule has 0 saturated carbocycles. The number of rotatable bonds is 5. The second-order valence-corrected chi connectivity index (χ2v) is 8.25. The van der Waals surface area contributed by atoms with Crippen molar-refractivity contribution in [3.8, 4) is 0 Å². The Bertz CT molecular complexity index is 1170. The monoisotopic (exact) mass is 469 g/mol. The first-order chi connectivity index (χ1) is 15.1. The van der Waals surface area contributed by atoms with Crippen LogP contribution in [0, 0.1) is 0 Å². The molecule has 2 aliphatic rings. The van der Waals surface area contributed by atoms with Gasteiger partial charge < -0.3 is 25.6 Å². The quantitative estimate of drug-likeness (QED) is 0.573. The van der Waals surface area contributed by atoms with Crippen molar-refractivity contribution < 1.29 is 32.5 Å². The SMILES string of the molecule is CC12CC=C(/C(=N\CO)c3nc(N)nc4sc(C(=O)NCC(F)(F)F)cc34)C=C1OCO2. The average molecular weight is 469 g/mol. The summed E-state index contributed by atoms with van der Waals surface area (Å²) >= 11 is 0.874. The van der Waals surface area contributed by atoms with Gasteiger partial charge in [0.15, 0.2) is 6.79 Å². The van der Waals surface area contributed by atoms with Crippen LogP contribution in [0.3, 0.4) is 0 Å². The Hall–Kier alpha value is -3.03. The number of aliphatic imine (C=N–C) groups is 1. The van der Waals surface area contributed by atoms with E-state index in [1.54, 1.807) is 6.08 Å². The van der Waals surface area contributed by atoms with E-state index in [0.29, 0.717) is 28.0 Å². The minimum Gasteiger partial charge on any atom is -0.469 e. The largest absolute Gasteiger partial charge is 0.469 e. The Morgan fingerprint density at radius 2 is 2.22 bits per heavy atom. The first-order valence-corrected chi connectivity index (χ1v) is 10.2. The van der Waals surface area contributed by atoms with Crippen LogP contribution in [-0.2, 0) is 9.47 Å². The van der Waals surface area contributed by atoms with E-state index in [-0.39, 0.29) is 29.0 Å². The number of nitrogens with one attached hydrogen (secondary N) is 1. The smallest absolute Gasteiger partial charge is 0.405 e. The lowest BCUT2D eigenvalue weighted by molar-refractivity contribution is -0.123. The number of aliphatic hydroxyl groups is 1. The molecule has 1 saturated heterocycles. The van der Waals surface area contributed by atoms with Gasteiger partial charge in [0.05, 0.1) is 10.6 Å². The Morgan fingerprint density at radius 3 is 2.94 bits per heavy atom. The van der Waals surface area contributed by atoms with Gasteiger partial charge in [-0.05, 0) is 19.1 Å².